The summed E-state index contributed by atoms with van der Waals surface area (Å²) in [5.74, 6) is -0.247. The molecule has 2 fully saturated rings. The van der Waals surface area contributed by atoms with Crippen LogP contribution >= 0.6 is 0 Å². The number of sulfonamides is 1. The van der Waals surface area contributed by atoms with E-state index in [4.69, 9.17) is 4.74 Å². The monoisotopic (exact) mass is 367 g/mol. The highest BCUT2D eigenvalue weighted by molar-refractivity contribution is 7.89. The number of hydrogen-bond donors (Lipinski definition) is 1. The minimum Gasteiger partial charge on any atom is -0.448 e. The Bertz CT molecular complexity index is 729. The lowest BCUT2D eigenvalue weighted by Gasteiger charge is -2.31. The number of piperidine rings is 1. The smallest absolute Gasteiger partial charge is 0.410 e. The molecule has 9 heteroatoms. The molecule has 0 unspecified atom stereocenters. The lowest BCUT2D eigenvalue weighted by molar-refractivity contribution is -0.122. The molecule has 2 amide bonds. The van der Waals surface area contributed by atoms with E-state index < -0.39 is 16.1 Å². The standard InChI is InChI=1S/C16H21N3O5S/c20-15(12-18-10-11-24-16(18)21)17-13-6-8-19(9-7-13)25(22,23)14-4-2-1-3-5-14/h1-5,13H,6-12H2,(H,17,20). The van der Waals surface area contributed by atoms with E-state index >= 15 is 0 Å². The van der Waals surface area contributed by atoms with Crippen LogP contribution in [-0.2, 0) is 19.6 Å². The highest BCUT2D eigenvalue weighted by Gasteiger charge is 2.30. The molecule has 1 aromatic carbocycles. The molecule has 0 radical (unpaired) electrons. The second-order valence-electron chi connectivity index (χ2n) is 6.09. The summed E-state index contributed by atoms with van der Waals surface area (Å²) >= 11 is 0. The molecule has 1 N–H and O–H groups in total. The van der Waals surface area contributed by atoms with E-state index in [9.17, 15) is 18.0 Å². The van der Waals surface area contributed by atoms with E-state index in [-0.39, 0.29) is 23.4 Å². The van der Waals surface area contributed by atoms with Gasteiger partial charge in [-0.15, -0.1) is 0 Å². The summed E-state index contributed by atoms with van der Waals surface area (Å²) in [5, 5.41) is 2.87. The van der Waals surface area contributed by atoms with Crippen LogP contribution < -0.4 is 5.32 Å². The molecule has 3 rings (SSSR count). The van der Waals surface area contributed by atoms with Crippen LogP contribution in [0.1, 0.15) is 12.8 Å². The molecule has 2 aliphatic heterocycles. The SMILES string of the molecule is O=C(CN1CCOC1=O)NC1CCN(S(=O)(=O)c2ccccc2)CC1. The summed E-state index contributed by atoms with van der Waals surface area (Å²) in [4.78, 5) is 25.0. The molecule has 2 heterocycles. The van der Waals surface area contributed by atoms with Crippen LogP contribution in [0.2, 0.25) is 0 Å². The number of nitrogens with zero attached hydrogens (tertiary/aromatic N) is 2. The summed E-state index contributed by atoms with van der Waals surface area (Å²) in [5.41, 5.74) is 0. The molecule has 25 heavy (non-hydrogen) atoms. The molecular formula is C16H21N3O5S. The Morgan fingerprint density at radius 3 is 2.44 bits per heavy atom. The number of ether oxygens (including phenoxy) is 1. The van der Waals surface area contributed by atoms with E-state index in [1.54, 1.807) is 30.3 Å². The summed E-state index contributed by atoms with van der Waals surface area (Å²) in [6, 6.07) is 8.24. The quantitative estimate of drug-likeness (QED) is 0.813. The molecule has 0 atom stereocenters. The molecule has 8 nitrogen and oxygen atoms in total. The van der Waals surface area contributed by atoms with Gasteiger partial charge in [-0.05, 0) is 25.0 Å². The minimum atomic E-state index is -3.49. The highest BCUT2D eigenvalue weighted by atomic mass is 32.2. The fraction of sp³-hybridized carbons (Fsp3) is 0.500. The maximum Gasteiger partial charge on any atom is 0.410 e. The number of hydrogen-bond acceptors (Lipinski definition) is 5. The van der Waals surface area contributed by atoms with Gasteiger partial charge in [-0.3, -0.25) is 9.69 Å². The van der Waals surface area contributed by atoms with E-state index in [2.05, 4.69) is 5.32 Å². The normalized spacial score (nSPS) is 19.7. The van der Waals surface area contributed by atoms with Crippen molar-refractivity contribution >= 4 is 22.0 Å². The Morgan fingerprint density at radius 2 is 1.84 bits per heavy atom. The van der Waals surface area contributed by atoms with Crippen molar-refractivity contribution in [1.82, 2.24) is 14.5 Å². The minimum absolute atomic E-state index is 0.0264. The zero-order chi connectivity index (χ0) is 17.9. The van der Waals surface area contributed by atoms with Gasteiger partial charge in [0, 0.05) is 19.1 Å². The van der Waals surface area contributed by atoms with Gasteiger partial charge in [-0.2, -0.15) is 4.31 Å². The molecule has 136 valence electrons. The topological polar surface area (TPSA) is 96.0 Å². The van der Waals surface area contributed by atoms with Gasteiger partial charge in [-0.1, -0.05) is 18.2 Å². The van der Waals surface area contributed by atoms with E-state index in [1.807, 2.05) is 0 Å². The summed E-state index contributed by atoms with van der Waals surface area (Å²) in [6.45, 7) is 1.41. The van der Waals surface area contributed by atoms with Crippen molar-refractivity contribution in [3.8, 4) is 0 Å². The fourth-order valence-electron chi connectivity index (χ4n) is 3.00. The Labute approximate surface area is 146 Å². The third-order valence-electron chi connectivity index (χ3n) is 4.38. The summed E-state index contributed by atoms with van der Waals surface area (Å²) in [6.07, 6.45) is 0.615. The first kappa shape index (κ1) is 17.7. The van der Waals surface area contributed by atoms with Gasteiger partial charge in [0.05, 0.1) is 11.4 Å². The van der Waals surface area contributed by atoms with Crippen LogP contribution in [0.4, 0.5) is 4.79 Å². The van der Waals surface area contributed by atoms with Crippen LogP contribution in [0, 0.1) is 0 Å². The first-order valence-corrected chi connectivity index (χ1v) is 9.67. The molecule has 2 aliphatic rings. The van der Waals surface area contributed by atoms with Gasteiger partial charge in [-0.25, -0.2) is 13.2 Å². The first-order chi connectivity index (χ1) is 12.0. The number of amides is 2. The Hall–Kier alpha value is -2.13. The van der Waals surface area contributed by atoms with Crippen molar-refractivity contribution in [3.05, 3.63) is 30.3 Å². The van der Waals surface area contributed by atoms with E-state index in [0.717, 1.165) is 0 Å². The first-order valence-electron chi connectivity index (χ1n) is 8.23. The van der Waals surface area contributed by atoms with Crippen LogP contribution in [0.25, 0.3) is 0 Å². The van der Waals surface area contributed by atoms with E-state index in [1.165, 1.54) is 9.21 Å². The zero-order valence-corrected chi connectivity index (χ0v) is 14.6. The Morgan fingerprint density at radius 1 is 1.16 bits per heavy atom. The lowest BCUT2D eigenvalue weighted by Crippen LogP contribution is -2.48. The maximum atomic E-state index is 12.6. The van der Waals surface area contributed by atoms with Crippen LogP contribution in [0.5, 0.6) is 0 Å². The summed E-state index contributed by atoms with van der Waals surface area (Å²) < 4.78 is 31.4. The molecule has 0 aromatic heterocycles. The average Bonchev–Trinajstić information content (AvgIpc) is 3.01. The van der Waals surface area contributed by atoms with Gasteiger partial charge >= 0.3 is 6.09 Å². The fourth-order valence-corrected chi connectivity index (χ4v) is 4.49. The van der Waals surface area contributed by atoms with Crippen LogP contribution in [0.3, 0.4) is 0 Å². The molecule has 2 saturated heterocycles. The van der Waals surface area contributed by atoms with E-state index in [0.29, 0.717) is 39.1 Å². The predicted molar refractivity (Wildman–Crippen MR) is 89.3 cm³/mol. The Balaban J connectivity index is 1.50. The van der Waals surface area contributed by atoms with Gasteiger partial charge in [0.25, 0.3) is 0 Å². The highest BCUT2D eigenvalue weighted by Crippen LogP contribution is 2.20. The number of carbonyl (C=O) groups is 2. The number of carbonyl (C=O) groups excluding carboxylic acids is 2. The van der Waals surface area contributed by atoms with Gasteiger partial charge in [0.1, 0.15) is 13.2 Å². The van der Waals surface area contributed by atoms with Crippen LogP contribution in [-0.4, -0.2) is 68.5 Å². The van der Waals surface area contributed by atoms with Gasteiger partial charge < -0.3 is 10.1 Å². The number of cyclic esters (lactones) is 1. The molecule has 0 spiro atoms. The van der Waals surface area contributed by atoms with Crippen molar-refractivity contribution in [1.29, 1.82) is 0 Å². The van der Waals surface area contributed by atoms with Gasteiger partial charge in [0.15, 0.2) is 0 Å². The zero-order valence-electron chi connectivity index (χ0n) is 13.8. The predicted octanol–water partition coefficient (Wildman–Crippen LogP) is 0.408. The second kappa shape index (κ2) is 7.40. The lowest BCUT2D eigenvalue weighted by atomic mass is 10.1. The van der Waals surface area contributed by atoms with Gasteiger partial charge in [0.2, 0.25) is 15.9 Å². The molecule has 0 aliphatic carbocycles. The van der Waals surface area contributed by atoms with Crippen molar-refractivity contribution in [2.45, 2.75) is 23.8 Å². The molecule has 1 aromatic rings. The number of nitrogens with one attached hydrogen (secondary N) is 1. The van der Waals surface area contributed by atoms with Crippen molar-refractivity contribution in [2.24, 2.45) is 0 Å². The number of benzene rings is 1. The third kappa shape index (κ3) is 4.10. The number of rotatable bonds is 5. The molecular weight excluding hydrogens is 346 g/mol. The molecule has 0 bridgehead atoms. The molecule has 0 saturated carbocycles. The van der Waals surface area contributed by atoms with Crippen molar-refractivity contribution < 1.29 is 22.7 Å². The van der Waals surface area contributed by atoms with Crippen molar-refractivity contribution in [2.75, 3.05) is 32.8 Å². The van der Waals surface area contributed by atoms with Crippen molar-refractivity contribution in [3.63, 3.8) is 0 Å². The van der Waals surface area contributed by atoms with Crippen LogP contribution in [0.15, 0.2) is 35.2 Å². The largest absolute Gasteiger partial charge is 0.448 e. The maximum absolute atomic E-state index is 12.6. The second-order valence-corrected chi connectivity index (χ2v) is 8.03. The Kier molecular flexibility index (Phi) is 5.24. The average molecular weight is 367 g/mol. The summed E-state index contributed by atoms with van der Waals surface area (Å²) in [7, 11) is -3.49. The third-order valence-corrected chi connectivity index (χ3v) is 6.29.